The highest BCUT2D eigenvalue weighted by atomic mass is 32.2. The van der Waals surface area contributed by atoms with Crippen LogP contribution in [0.2, 0.25) is 0 Å². The Kier molecular flexibility index (Phi) is 6.65. The monoisotopic (exact) mass is 515 g/mol. The van der Waals surface area contributed by atoms with Crippen molar-refractivity contribution in [2.24, 2.45) is 0 Å². The van der Waals surface area contributed by atoms with Crippen LogP contribution in [0.1, 0.15) is 24.1 Å². The number of halogens is 3. The summed E-state index contributed by atoms with van der Waals surface area (Å²) < 4.78 is 58.8. The summed E-state index contributed by atoms with van der Waals surface area (Å²) in [5, 5.41) is 11.8. The maximum atomic E-state index is 13.2. The number of nitrogens with zero attached hydrogens (tertiary/aromatic N) is 4. The fourth-order valence-electron chi connectivity index (χ4n) is 4.02. The molecule has 0 bridgehead atoms. The molecule has 1 aliphatic rings. The zero-order valence-electron chi connectivity index (χ0n) is 18.7. The predicted octanol–water partition coefficient (Wildman–Crippen LogP) is 4.11. The van der Waals surface area contributed by atoms with Crippen LogP contribution < -0.4 is 5.32 Å². The van der Waals surface area contributed by atoms with Gasteiger partial charge in [-0.1, -0.05) is 18.2 Å². The van der Waals surface area contributed by atoms with E-state index < -0.39 is 29.1 Å². The lowest BCUT2D eigenvalue weighted by molar-refractivity contribution is -0.137. The van der Waals surface area contributed by atoms with Crippen LogP contribution in [0.15, 0.2) is 70.4 Å². The number of nitrogens with one attached hydrogen (secondary N) is 1. The molecule has 12 heteroatoms. The highest BCUT2D eigenvalue weighted by Gasteiger charge is 2.41. The summed E-state index contributed by atoms with van der Waals surface area (Å²) in [5.41, 5.74) is 0.958. The Morgan fingerprint density at radius 2 is 2.03 bits per heavy atom. The molecular weight excluding hydrogens is 495 g/mol. The van der Waals surface area contributed by atoms with Crippen LogP contribution in [0.5, 0.6) is 0 Å². The fraction of sp³-hybridized carbons (Fsp3) is 0.250. The third-order valence-corrected chi connectivity index (χ3v) is 7.24. The highest BCUT2D eigenvalue weighted by molar-refractivity contribution is 7.89. The van der Waals surface area contributed by atoms with Crippen molar-refractivity contribution in [2.45, 2.75) is 36.7 Å². The number of amides is 1. The average Bonchev–Trinajstić information content (AvgIpc) is 3.54. The minimum atomic E-state index is -4.47. The summed E-state index contributed by atoms with van der Waals surface area (Å²) in [6.45, 7) is 0.526. The van der Waals surface area contributed by atoms with Crippen LogP contribution in [0.25, 0.3) is 22.2 Å². The molecule has 4 aromatic rings. The van der Waals surface area contributed by atoms with Crippen LogP contribution >= 0.6 is 0 Å². The second kappa shape index (κ2) is 9.88. The Hall–Kier alpha value is -3.48. The number of para-hydroxylation sites is 1. The molecule has 0 aliphatic carbocycles. The van der Waals surface area contributed by atoms with Gasteiger partial charge in [-0.2, -0.15) is 23.4 Å². The van der Waals surface area contributed by atoms with Gasteiger partial charge in [0.05, 0.1) is 29.7 Å². The van der Waals surface area contributed by atoms with Gasteiger partial charge >= 0.3 is 11.3 Å². The number of alkyl halides is 3. The van der Waals surface area contributed by atoms with Crippen molar-refractivity contribution in [2.75, 3.05) is 6.54 Å². The Morgan fingerprint density at radius 1 is 1.19 bits per heavy atom. The van der Waals surface area contributed by atoms with Gasteiger partial charge < -0.3 is 14.3 Å². The summed E-state index contributed by atoms with van der Waals surface area (Å²) in [7, 11) is 0. The van der Waals surface area contributed by atoms with Gasteiger partial charge in [-0.25, -0.2) is 0 Å². The largest absolute Gasteiger partial charge is 0.590 e. The standard InChI is InChI=1S/C24H20F3N5O3S/c25-24(26,27)17-7-8-19(28-13-17)16-10-18(31-30-12-16)14-29-23(33)20-5-3-9-32(20)36(34)22-11-15-4-1-2-6-21(15)35-22/h1-2,4,6-8,10-13,20H,3,5,9,14H2,(H,29,33). The van der Waals surface area contributed by atoms with Crippen LogP contribution in [0.4, 0.5) is 13.2 Å². The molecular formula is C24H20F3N5O3S. The van der Waals surface area contributed by atoms with Crippen molar-refractivity contribution < 1.29 is 26.9 Å². The van der Waals surface area contributed by atoms with Crippen molar-refractivity contribution in [3.63, 3.8) is 0 Å². The number of aromatic nitrogens is 3. The molecule has 1 aliphatic heterocycles. The van der Waals surface area contributed by atoms with Crippen LogP contribution in [-0.4, -0.2) is 42.5 Å². The molecule has 1 N–H and O–H groups in total. The first kappa shape index (κ1) is 24.2. The zero-order chi connectivity index (χ0) is 25.3. The van der Waals surface area contributed by atoms with Gasteiger partial charge in [-0.05, 0) is 37.1 Å². The van der Waals surface area contributed by atoms with E-state index in [2.05, 4.69) is 20.5 Å². The lowest BCUT2D eigenvalue weighted by atomic mass is 10.1. The van der Waals surface area contributed by atoms with Gasteiger partial charge in [0.2, 0.25) is 5.91 Å². The summed E-state index contributed by atoms with van der Waals surface area (Å²) in [6, 6.07) is 12.3. The number of hydrogen-bond donors (Lipinski definition) is 1. The van der Waals surface area contributed by atoms with E-state index in [1.807, 2.05) is 18.2 Å². The minimum absolute atomic E-state index is 0.0436. The summed E-state index contributed by atoms with van der Waals surface area (Å²) in [6.07, 6.45) is -1.08. The maximum absolute atomic E-state index is 13.2. The van der Waals surface area contributed by atoms with E-state index in [0.717, 1.165) is 17.6 Å². The van der Waals surface area contributed by atoms with E-state index in [1.54, 1.807) is 22.5 Å². The van der Waals surface area contributed by atoms with Crippen LogP contribution in [0, 0.1) is 0 Å². The normalized spacial score (nSPS) is 17.4. The van der Waals surface area contributed by atoms with Gasteiger partial charge in [0.25, 0.3) is 0 Å². The molecule has 2 atom stereocenters. The first-order valence-corrected chi connectivity index (χ1v) is 12.2. The summed E-state index contributed by atoms with van der Waals surface area (Å²) in [5.74, 6) is -0.309. The molecule has 36 heavy (non-hydrogen) atoms. The van der Waals surface area contributed by atoms with Crippen molar-refractivity contribution in [3.8, 4) is 11.3 Å². The molecule has 0 spiro atoms. The second-order valence-corrected chi connectivity index (χ2v) is 9.60. The third-order valence-electron chi connectivity index (χ3n) is 5.83. The molecule has 4 heterocycles. The van der Waals surface area contributed by atoms with Gasteiger partial charge in [-0.3, -0.25) is 9.78 Å². The molecule has 3 aromatic heterocycles. The topological polar surface area (TPSA) is 107 Å². The molecule has 8 nitrogen and oxygen atoms in total. The summed E-state index contributed by atoms with van der Waals surface area (Å²) in [4.78, 5) is 16.8. The van der Waals surface area contributed by atoms with Crippen LogP contribution in [-0.2, 0) is 28.9 Å². The van der Waals surface area contributed by atoms with E-state index in [0.29, 0.717) is 47.0 Å². The Balaban J connectivity index is 1.24. The minimum Gasteiger partial charge on any atom is -0.590 e. The van der Waals surface area contributed by atoms with Gasteiger partial charge in [0.15, 0.2) is 0 Å². The number of carbonyl (C=O) groups excluding carboxylic acids is 1. The van der Waals surface area contributed by atoms with Gasteiger partial charge in [0, 0.05) is 29.8 Å². The van der Waals surface area contributed by atoms with E-state index in [9.17, 15) is 22.5 Å². The average molecular weight is 516 g/mol. The van der Waals surface area contributed by atoms with Crippen molar-refractivity contribution in [1.29, 1.82) is 0 Å². The first-order valence-electron chi connectivity index (χ1n) is 11.1. The quantitative estimate of drug-likeness (QED) is 0.385. The Bertz CT molecular complexity index is 1350. The number of hydrogen-bond acceptors (Lipinski definition) is 7. The Morgan fingerprint density at radius 3 is 2.78 bits per heavy atom. The number of rotatable bonds is 6. The Labute approximate surface area is 206 Å². The molecule has 2 unspecified atom stereocenters. The smallest absolute Gasteiger partial charge is 0.417 e. The van der Waals surface area contributed by atoms with E-state index in [1.165, 1.54) is 12.3 Å². The molecule has 1 fully saturated rings. The molecule has 1 amide bonds. The van der Waals surface area contributed by atoms with Crippen molar-refractivity contribution in [3.05, 3.63) is 72.2 Å². The number of furan rings is 1. The summed E-state index contributed by atoms with van der Waals surface area (Å²) >= 11 is -1.64. The molecule has 186 valence electrons. The number of benzene rings is 1. The first-order chi connectivity index (χ1) is 17.3. The van der Waals surface area contributed by atoms with E-state index in [-0.39, 0.29) is 12.5 Å². The van der Waals surface area contributed by atoms with E-state index >= 15 is 0 Å². The lowest BCUT2D eigenvalue weighted by Crippen LogP contribution is -2.45. The predicted molar refractivity (Wildman–Crippen MR) is 124 cm³/mol. The van der Waals surface area contributed by atoms with Gasteiger partial charge in [-0.15, -0.1) is 4.31 Å². The second-order valence-electron chi connectivity index (χ2n) is 8.23. The molecule has 0 radical (unpaired) electrons. The molecule has 1 aromatic carbocycles. The van der Waals surface area contributed by atoms with Crippen LogP contribution in [0.3, 0.4) is 0 Å². The maximum Gasteiger partial charge on any atom is 0.417 e. The SMILES string of the molecule is O=C(NCc1cc(-c2ccc(C(F)(F)F)cn2)cnn1)C1CCCN1[S+]([O-])c1cc2ccccc2o1. The molecule has 5 rings (SSSR count). The molecule has 1 saturated heterocycles. The highest BCUT2D eigenvalue weighted by Crippen LogP contribution is 2.31. The van der Waals surface area contributed by atoms with Crippen molar-refractivity contribution in [1.82, 2.24) is 24.8 Å². The number of carbonyl (C=O) groups is 1. The molecule has 0 saturated carbocycles. The van der Waals surface area contributed by atoms with E-state index in [4.69, 9.17) is 4.42 Å². The van der Waals surface area contributed by atoms with Gasteiger partial charge in [0.1, 0.15) is 23.0 Å². The lowest BCUT2D eigenvalue weighted by Gasteiger charge is -2.23. The fourth-order valence-corrected chi connectivity index (χ4v) is 5.37. The zero-order valence-corrected chi connectivity index (χ0v) is 19.6. The third kappa shape index (κ3) is 5.06. The number of pyridine rings is 1. The number of fused-ring (bicyclic) bond motifs is 1. The van der Waals surface area contributed by atoms with Crippen molar-refractivity contribution >= 4 is 28.2 Å².